The van der Waals surface area contributed by atoms with Crippen LogP contribution < -0.4 is 4.72 Å². The smallest absolute Gasteiger partial charge is 0.246 e. The predicted molar refractivity (Wildman–Crippen MR) is 98.6 cm³/mol. The van der Waals surface area contributed by atoms with Gasteiger partial charge in [-0.2, -0.15) is 4.98 Å². The third-order valence-corrected chi connectivity index (χ3v) is 5.91. The summed E-state index contributed by atoms with van der Waals surface area (Å²) in [7, 11) is -3.78. The summed E-state index contributed by atoms with van der Waals surface area (Å²) in [5.41, 5.74) is 1.83. The molecule has 0 radical (unpaired) electrons. The van der Waals surface area contributed by atoms with Crippen LogP contribution in [0.3, 0.4) is 0 Å². The summed E-state index contributed by atoms with van der Waals surface area (Å²) >= 11 is 7.18. The third kappa shape index (κ3) is 3.11. The van der Waals surface area contributed by atoms with Crippen LogP contribution in [0.5, 0.6) is 0 Å². The Morgan fingerprint density at radius 3 is 2.48 bits per heavy atom. The van der Waals surface area contributed by atoms with Gasteiger partial charge in [-0.25, -0.2) is 17.7 Å². The highest BCUT2D eigenvalue weighted by molar-refractivity contribution is 7.92. The van der Waals surface area contributed by atoms with Crippen molar-refractivity contribution in [3.05, 3.63) is 65.0 Å². The SMILES string of the molecule is O=S(=O)(Nc1nc2scc(-c3ccccc3)n2n1)c1ccc(Cl)cc1. The summed E-state index contributed by atoms with van der Waals surface area (Å²) in [4.78, 5) is 4.94. The summed E-state index contributed by atoms with van der Waals surface area (Å²) in [6.07, 6.45) is 0. The maximum absolute atomic E-state index is 12.4. The van der Waals surface area contributed by atoms with Gasteiger partial charge in [0.15, 0.2) is 0 Å². The van der Waals surface area contributed by atoms with E-state index >= 15 is 0 Å². The van der Waals surface area contributed by atoms with Gasteiger partial charge in [-0.3, -0.25) is 0 Å². The minimum absolute atomic E-state index is 0.0268. The normalized spacial score (nSPS) is 11.7. The Morgan fingerprint density at radius 1 is 1.04 bits per heavy atom. The van der Waals surface area contributed by atoms with Gasteiger partial charge in [-0.15, -0.1) is 16.4 Å². The number of aromatic nitrogens is 3. The molecule has 2 aromatic heterocycles. The third-order valence-electron chi connectivity index (χ3n) is 3.50. The first-order valence-electron chi connectivity index (χ1n) is 7.21. The van der Waals surface area contributed by atoms with Gasteiger partial charge >= 0.3 is 0 Å². The summed E-state index contributed by atoms with van der Waals surface area (Å²) in [5, 5.41) is 6.67. The van der Waals surface area contributed by atoms with E-state index in [2.05, 4.69) is 14.8 Å². The maximum Gasteiger partial charge on any atom is 0.264 e. The molecule has 0 unspecified atom stereocenters. The van der Waals surface area contributed by atoms with Crippen molar-refractivity contribution in [2.75, 3.05) is 4.72 Å². The molecule has 25 heavy (non-hydrogen) atoms. The lowest BCUT2D eigenvalue weighted by Crippen LogP contribution is -2.14. The van der Waals surface area contributed by atoms with Crippen LogP contribution in [0, 0.1) is 0 Å². The molecule has 0 fully saturated rings. The van der Waals surface area contributed by atoms with Crippen LogP contribution in [0.2, 0.25) is 5.02 Å². The highest BCUT2D eigenvalue weighted by atomic mass is 35.5. The second-order valence-corrected chi connectivity index (χ2v) is 8.13. The van der Waals surface area contributed by atoms with Gasteiger partial charge in [0.25, 0.3) is 16.0 Å². The molecule has 0 saturated heterocycles. The lowest BCUT2D eigenvalue weighted by Gasteiger charge is -2.04. The van der Waals surface area contributed by atoms with Crippen LogP contribution in [0.1, 0.15) is 0 Å². The Hall–Kier alpha value is -2.42. The summed E-state index contributed by atoms with van der Waals surface area (Å²) < 4.78 is 28.9. The first kappa shape index (κ1) is 16.1. The Bertz CT molecular complexity index is 1140. The molecule has 6 nitrogen and oxygen atoms in total. The van der Waals surface area contributed by atoms with Crippen molar-refractivity contribution in [3.8, 4) is 11.3 Å². The summed E-state index contributed by atoms with van der Waals surface area (Å²) in [6.45, 7) is 0. The number of fused-ring (bicyclic) bond motifs is 1. The maximum atomic E-state index is 12.4. The molecule has 126 valence electrons. The number of thiazole rings is 1. The van der Waals surface area contributed by atoms with Crippen molar-refractivity contribution >= 4 is 43.9 Å². The molecule has 1 N–H and O–H groups in total. The highest BCUT2D eigenvalue weighted by Gasteiger charge is 2.18. The number of nitrogens with zero attached hydrogens (tertiary/aromatic N) is 3. The van der Waals surface area contributed by atoms with Crippen LogP contribution in [0.25, 0.3) is 16.2 Å². The quantitative estimate of drug-likeness (QED) is 0.573. The Balaban J connectivity index is 1.69. The van der Waals surface area contributed by atoms with Crippen molar-refractivity contribution < 1.29 is 8.42 Å². The van der Waals surface area contributed by atoms with Gasteiger partial charge in [0.1, 0.15) is 0 Å². The molecule has 0 spiro atoms. The van der Waals surface area contributed by atoms with E-state index < -0.39 is 10.0 Å². The van der Waals surface area contributed by atoms with Crippen molar-refractivity contribution in [2.45, 2.75) is 4.90 Å². The number of halogens is 1. The monoisotopic (exact) mass is 390 g/mol. The van der Waals surface area contributed by atoms with E-state index in [9.17, 15) is 8.42 Å². The first-order chi connectivity index (χ1) is 12.0. The fraction of sp³-hybridized carbons (Fsp3) is 0. The van der Waals surface area contributed by atoms with Crippen molar-refractivity contribution in [3.63, 3.8) is 0 Å². The first-order valence-corrected chi connectivity index (χ1v) is 9.95. The van der Waals surface area contributed by atoms with E-state index in [0.717, 1.165) is 11.3 Å². The van der Waals surface area contributed by atoms with Gasteiger partial charge in [0.05, 0.1) is 10.6 Å². The van der Waals surface area contributed by atoms with E-state index in [0.29, 0.717) is 9.98 Å². The number of hydrogen-bond acceptors (Lipinski definition) is 5. The molecule has 0 aliphatic heterocycles. The van der Waals surface area contributed by atoms with E-state index in [-0.39, 0.29) is 10.8 Å². The van der Waals surface area contributed by atoms with E-state index in [4.69, 9.17) is 11.6 Å². The Labute approximate surface area is 152 Å². The van der Waals surface area contributed by atoms with Gasteiger partial charge in [-0.05, 0) is 24.3 Å². The minimum Gasteiger partial charge on any atom is -0.246 e. The second kappa shape index (κ2) is 6.14. The van der Waals surface area contributed by atoms with Crippen LogP contribution in [0.4, 0.5) is 5.95 Å². The molecule has 4 rings (SSSR count). The Kier molecular flexibility index (Phi) is 3.95. The fourth-order valence-corrected chi connectivity index (χ4v) is 4.22. The summed E-state index contributed by atoms with van der Waals surface area (Å²) in [6, 6.07) is 15.6. The molecule has 0 aliphatic carbocycles. The molecule has 9 heteroatoms. The number of hydrogen-bond donors (Lipinski definition) is 1. The van der Waals surface area contributed by atoms with Crippen molar-refractivity contribution in [1.82, 2.24) is 14.6 Å². The van der Waals surface area contributed by atoms with Gasteiger partial charge in [0, 0.05) is 16.0 Å². The molecule has 0 amide bonds. The average molecular weight is 391 g/mol. The van der Waals surface area contributed by atoms with Gasteiger partial charge in [-0.1, -0.05) is 41.9 Å². The van der Waals surface area contributed by atoms with E-state index in [1.807, 2.05) is 35.7 Å². The lowest BCUT2D eigenvalue weighted by molar-refractivity contribution is 0.601. The summed E-state index contributed by atoms with van der Waals surface area (Å²) in [5.74, 6) is 0.0268. The van der Waals surface area contributed by atoms with Crippen LogP contribution in [-0.4, -0.2) is 23.0 Å². The van der Waals surface area contributed by atoms with Crippen LogP contribution in [0.15, 0.2) is 64.9 Å². The molecule has 0 bridgehead atoms. The number of sulfonamides is 1. The number of anilines is 1. The molecule has 2 heterocycles. The predicted octanol–water partition coefficient (Wildman–Crippen LogP) is 3.91. The lowest BCUT2D eigenvalue weighted by atomic mass is 10.2. The number of nitrogens with one attached hydrogen (secondary N) is 1. The van der Waals surface area contributed by atoms with Crippen LogP contribution >= 0.6 is 22.9 Å². The van der Waals surface area contributed by atoms with E-state index in [1.54, 1.807) is 4.52 Å². The fourth-order valence-electron chi connectivity index (χ4n) is 2.32. The van der Waals surface area contributed by atoms with Gasteiger partial charge in [0.2, 0.25) is 4.96 Å². The molecular weight excluding hydrogens is 380 g/mol. The molecular formula is C16H11ClN4O2S2. The molecule has 2 aromatic carbocycles. The number of benzene rings is 2. The van der Waals surface area contributed by atoms with Crippen LogP contribution in [-0.2, 0) is 10.0 Å². The zero-order chi connectivity index (χ0) is 17.4. The average Bonchev–Trinajstić information content (AvgIpc) is 3.15. The molecule has 0 saturated carbocycles. The molecule has 0 aliphatic rings. The second-order valence-electron chi connectivity index (χ2n) is 5.18. The van der Waals surface area contributed by atoms with E-state index in [1.165, 1.54) is 35.6 Å². The molecule has 0 atom stereocenters. The standard InChI is InChI=1S/C16H11ClN4O2S2/c17-12-6-8-13(9-7-12)25(22,23)20-15-18-16-21(19-15)14(10-24-16)11-4-2-1-3-5-11/h1-10H,(H,19,20). The largest absolute Gasteiger partial charge is 0.264 e. The van der Waals surface area contributed by atoms with Crippen molar-refractivity contribution in [2.24, 2.45) is 0 Å². The zero-order valence-corrected chi connectivity index (χ0v) is 15.0. The Morgan fingerprint density at radius 2 is 1.76 bits per heavy atom. The number of rotatable bonds is 4. The minimum atomic E-state index is -3.78. The zero-order valence-electron chi connectivity index (χ0n) is 12.6. The highest BCUT2D eigenvalue weighted by Crippen LogP contribution is 2.26. The van der Waals surface area contributed by atoms with Gasteiger partial charge < -0.3 is 0 Å². The van der Waals surface area contributed by atoms with Crippen molar-refractivity contribution in [1.29, 1.82) is 0 Å². The topological polar surface area (TPSA) is 76.4 Å². The molecule has 4 aromatic rings.